The predicted octanol–water partition coefficient (Wildman–Crippen LogP) is 3.96. The van der Waals surface area contributed by atoms with Crippen molar-refractivity contribution in [2.45, 2.75) is 0 Å². The van der Waals surface area contributed by atoms with E-state index in [1.54, 1.807) is 36.4 Å². The zero-order valence-corrected chi connectivity index (χ0v) is 13.5. The summed E-state index contributed by atoms with van der Waals surface area (Å²) in [5.74, 6) is -0.0279. The van der Waals surface area contributed by atoms with E-state index in [9.17, 15) is 4.79 Å². The van der Waals surface area contributed by atoms with Crippen molar-refractivity contribution in [2.24, 2.45) is 0 Å². The van der Waals surface area contributed by atoms with E-state index in [4.69, 9.17) is 16.9 Å². The third-order valence-corrected chi connectivity index (χ3v) is 3.31. The smallest absolute Gasteiger partial charge is 0.267 e. The van der Waals surface area contributed by atoms with Crippen molar-refractivity contribution in [2.75, 3.05) is 10.6 Å². The molecule has 1 heterocycles. The first-order chi connectivity index (χ1) is 10.6. The fourth-order valence-electron chi connectivity index (χ4n) is 1.49. The Balaban J connectivity index is 2.05. The number of anilines is 2. The monoisotopic (exact) mass is 376 g/mol. The molecule has 0 bridgehead atoms. The van der Waals surface area contributed by atoms with Gasteiger partial charge >= 0.3 is 0 Å². The maximum Gasteiger partial charge on any atom is 0.267 e. The molecule has 0 aliphatic heterocycles. The molecule has 0 fully saturated rings. The molecule has 2 rings (SSSR count). The maximum absolute atomic E-state index is 12.0. The number of halogens is 2. The van der Waals surface area contributed by atoms with E-state index in [1.165, 1.54) is 12.4 Å². The second-order valence-electron chi connectivity index (χ2n) is 4.14. The molecular weight excluding hydrogens is 368 g/mol. The summed E-state index contributed by atoms with van der Waals surface area (Å²) < 4.78 is 0.900. The number of carbonyl (C=O) groups is 1. The Kier molecular flexibility index (Phi) is 5.53. The number of nitrogens with zero attached hydrogens (tertiary/aromatic N) is 2. The SMILES string of the molecule is N#C/C(=C/Nc1ccc(Cl)cn1)C(=O)Nc1ccc(Br)cc1. The summed E-state index contributed by atoms with van der Waals surface area (Å²) in [4.78, 5) is 16.0. The highest BCUT2D eigenvalue weighted by Gasteiger charge is 2.09. The Hall–Kier alpha value is -2.36. The Morgan fingerprint density at radius 2 is 2.00 bits per heavy atom. The number of nitriles is 1. The van der Waals surface area contributed by atoms with Gasteiger partial charge in [-0.25, -0.2) is 4.98 Å². The van der Waals surface area contributed by atoms with Crippen molar-refractivity contribution in [1.82, 2.24) is 4.98 Å². The number of pyridine rings is 1. The van der Waals surface area contributed by atoms with E-state index >= 15 is 0 Å². The third-order valence-electron chi connectivity index (χ3n) is 2.56. The molecule has 0 radical (unpaired) electrons. The molecule has 0 aliphatic rings. The number of aromatic nitrogens is 1. The number of carbonyl (C=O) groups excluding carboxylic acids is 1. The molecule has 0 unspecified atom stereocenters. The molecule has 1 amide bonds. The zero-order chi connectivity index (χ0) is 15.9. The number of benzene rings is 1. The first-order valence-corrected chi connectivity index (χ1v) is 7.31. The van der Waals surface area contributed by atoms with Crippen LogP contribution in [0.5, 0.6) is 0 Å². The van der Waals surface area contributed by atoms with E-state index in [0.717, 1.165) is 4.47 Å². The van der Waals surface area contributed by atoms with Crippen LogP contribution >= 0.6 is 27.5 Å². The van der Waals surface area contributed by atoms with Crippen molar-refractivity contribution in [3.8, 4) is 6.07 Å². The minimum absolute atomic E-state index is 0.0698. The number of hydrogen-bond donors (Lipinski definition) is 2. The lowest BCUT2D eigenvalue weighted by molar-refractivity contribution is -0.112. The lowest BCUT2D eigenvalue weighted by Gasteiger charge is -2.05. The molecule has 0 atom stereocenters. The van der Waals surface area contributed by atoms with Crippen LogP contribution in [0.1, 0.15) is 0 Å². The number of nitrogens with one attached hydrogen (secondary N) is 2. The minimum Gasteiger partial charge on any atom is -0.345 e. The standard InChI is InChI=1S/C15H10BrClN4O/c16-11-1-4-13(5-2-11)21-15(22)10(7-18)8-19-14-6-3-12(17)9-20-14/h1-6,8-9H,(H,19,20)(H,21,22)/b10-8-. The van der Waals surface area contributed by atoms with Gasteiger partial charge in [-0.3, -0.25) is 4.79 Å². The van der Waals surface area contributed by atoms with Gasteiger partial charge < -0.3 is 10.6 Å². The summed E-state index contributed by atoms with van der Waals surface area (Å²) in [6.45, 7) is 0. The highest BCUT2D eigenvalue weighted by molar-refractivity contribution is 9.10. The van der Waals surface area contributed by atoms with E-state index in [1.807, 2.05) is 6.07 Å². The Morgan fingerprint density at radius 1 is 1.27 bits per heavy atom. The van der Waals surface area contributed by atoms with Crippen LogP contribution in [0.2, 0.25) is 5.02 Å². The summed E-state index contributed by atoms with van der Waals surface area (Å²) in [7, 11) is 0. The largest absolute Gasteiger partial charge is 0.345 e. The van der Waals surface area contributed by atoms with E-state index in [-0.39, 0.29) is 5.57 Å². The third kappa shape index (κ3) is 4.58. The van der Waals surface area contributed by atoms with Gasteiger partial charge in [-0.1, -0.05) is 27.5 Å². The molecule has 0 saturated heterocycles. The van der Waals surface area contributed by atoms with Crippen molar-refractivity contribution in [3.05, 3.63) is 63.9 Å². The molecule has 0 saturated carbocycles. The second kappa shape index (κ2) is 7.59. The summed E-state index contributed by atoms with van der Waals surface area (Å²) in [5.41, 5.74) is 0.527. The number of amides is 1. The summed E-state index contributed by atoms with van der Waals surface area (Å²) in [5, 5.41) is 15.0. The van der Waals surface area contributed by atoms with Crippen LogP contribution in [0.15, 0.2) is 58.8 Å². The fourth-order valence-corrected chi connectivity index (χ4v) is 1.86. The maximum atomic E-state index is 12.0. The summed E-state index contributed by atoms with van der Waals surface area (Å²) in [6.07, 6.45) is 2.76. The molecule has 110 valence electrons. The highest BCUT2D eigenvalue weighted by Crippen LogP contribution is 2.15. The van der Waals surface area contributed by atoms with Crippen LogP contribution in [0, 0.1) is 11.3 Å². The number of hydrogen-bond acceptors (Lipinski definition) is 4. The van der Waals surface area contributed by atoms with Crippen molar-refractivity contribution in [3.63, 3.8) is 0 Å². The zero-order valence-electron chi connectivity index (χ0n) is 11.2. The Bertz CT molecular complexity index is 736. The van der Waals surface area contributed by atoms with Crippen molar-refractivity contribution >= 4 is 44.9 Å². The van der Waals surface area contributed by atoms with Crippen LogP contribution in [0.25, 0.3) is 0 Å². The van der Waals surface area contributed by atoms with Crippen LogP contribution in [-0.2, 0) is 4.79 Å². The second-order valence-corrected chi connectivity index (χ2v) is 5.49. The Morgan fingerprint density at radius 3 is 2.59 bits per heavy atom. The average Bonchev–Trinajstić information content (AvgIpc) is 2.52. The molecule has 22 heavy (non-hydrogen) atoms. The summed E-state index contributed by atoms with van der Waals surface area (Å²) >= 11 is 9.04. The van der Waals surface area contributed by atoms with Gasteiger partial charge in [0.2, 0.25) is 0 Å². The Labute approximate surface area is 140 Å². The van der Waals surface area contributed by atoms with Gasteiger partial charge in [0.05, 0.1) is 5.02 Å². The minimum atomic E-state index is -0.508. The first-order valence-electron chi connectivity index (χ1n) is 6.14. The molecule has 7 heteroatoms. The van der Waals surface area contributed by atoms with Crippen LogP contribution in [-0.4, -0.2) is 10.9 Å². The van der Waals surface area contributed by atoms with Gasteiger partial charge in [0, 0.05) is 22.6 Å². The molecule has 1 aromatic carbocycles. The lowest BCUT2D eigenvalue weighted by Crippen LogP contribution is -2.14. The molecule has 0 spiro atoms. The van der Waals surface area contributed by atoms with Gasteiger partial charge in [-0.05, 0) is 36.4 Å². The highest BCUT2D eigenvalue weighted by atomic mass is 79.9. The fraction of sp³-hybridized carbons (Fsp3) is 0. The van der Waals surface area contributed by atoms with E-state index < -0.39 is 5.91 Å². The molecule has 2 aromatic rings. The van der Waals surface area contributed by atoms with Gasteiger partial charge in [0.15, 0.2) is 0 Å². The van der Waals surface area contributed by atoms with Gasteiger partial charge in [-0.15, -0.1) is 0 Å². The van der Waals surface area contributed by atoms with Crippen molar-refractivity contribution < 1.29 is 4.79 Å². The quantitative estimate of drug-likeness (QED) is 0.624. The summed E-state index contributed by atoms with van der Waals surface area (Å²) in [6, 6.07) is 12.2. The average molecular weight is 378 g/mol. The molecule has 1 aromatic heterocycles. The van der Waals surface area contributed by atoms with Gasteiger partial charge in [0.1, 0.15) is 17.5 Å². The van der Waals surface area contributed by atoms with E-state index in [2.05, 4.69) is 31.5 Å². The topological polar surface area (TPSA) is 77.8 Å². The van der Waals surface area contributed by atoms with E-state index in [0.29, 0.717) is 16.5 Å². The molecule has 5 nitrogen and oxygen atoms in total. The van der Waals surface area contributed by atoms with Gasteiger partial charge in [0.25, 0.3) is 5.91 Å². The predicted molar refractivity (Wildman–Crippen MR) is 89.3 cm³/mol. The van der Waals surface area contributed by atoms with Crippen LogP contribution in [0.4, 0.5) is 11.5 Å². The van der Waals surface area contributed by atoms with Crippen molar-refractivity contribution in [1.29, 1.82) is 5.26 Å². The number of rotatable bonds is 4. The normalized spacial score (nSPS) is 10.7. The molecule has 2 N–H and O–H groups in total. The molecule has 0 aliphatic carbocycles. The first kappa shape index (κ1) is 16.0. The molecular formula is C15H10BrClN4O. The van der Waals surface area contributed by atoms with Crippen LogP contribution < -0.4 is 10.6 Å². The van der Waals surface area contributed by atoms with Crippen LogP contribution in [0.3, 0.4) is 0 Å². The van der Waals surface area contributed by atoms with Gasteiger partial charge in [-0.2, -0.15) is 5.26 Å². The lowest BCUT2D eigenvalue weighted by atomic mass is 10.2.